The van der Waals surface area contributed by atoms with E-state index in [0.717, 1.165) is 33.9 Å². The van der Waals surface area contributed by atoms with E-state index in [1.54, 1.807) is 11.3 Å². The molecule has 27 heavy (non-hydrogen) atoms. The van der Waals surface area contributed by atoms with Gasteiger partial charge in [0.2, 0.25) is 11.8 Å². The van der Waals surface area contributed by atoms with Crippen LogP contribution in [0.15, 0.2) is 28.6 Å². The number of hydrogen-bond acceptors (Lipinski definition) is 6. The number of likely N-dealkylation sites (tertiary alicyclic amines) is 1. The van der Waals surface area contributed by atoms with Crippen LogP contribution in [0, 0.1) is 5.92 Å². The van der Waals surface area contributed by atoms with Crippen LogP contribution in [0.3, 0.4) is 0 Å². The lowest BCUT2D eigenvalue weighted by molar-refractivity contribution is -0.133. The molecule has 0 bridgehead atoms. The van der Waals surface area contributed by atoms with Crippen molar-refractivity contribution in [1.82, 2.24) is 20.1 Å². The van der Waals surface area contributed by atoms with Gasteiger partial charge in [0.25, 0.3) is 0 Å². The predicted molar refractivity (Wildman–Crippen MR) is 111 cm³/mol. The lowest BCUT2D eigenvalue weighted by Crippen LogP contribution is -2.44. The largest absolute Gasteiger partial charge is 0.355 e. The number of nitrogens with one attached hydrogen (secondary N) is 1. The first-order valence-electron chi connectivity index (χ1n) is 9.21. The Bertz CT molecular complexity index is 752. The minimum atomic E-state index is 0.0214. The predicted octanol–water partition coefficient (Wildman–Crippen LogP) is 2.30. The van der Waals surface area contributed by atoms with E-state index in [0.29, 0.717) is 25.4 Å². The summed E-state index contributed by atoms with van der Waals surface area (Å²) in [7, 11) is 3.98. The number of fused-ring (bicyclic) bond motifs is 1. The molecule has 2 heterocycles. The van der Waals surface area contributed by atoms with Crippen LogP contribution < -0.4 is 5.32 Å². The van der Waals surface area contributed by atoms with Crippen molar-refractivity contribution >= 4 is 45.1 Å². The Balaban J connectivity index is 1.41. The second-order valence-corrected chi connectivity index (χ2v) is 9.24. The van der Waals surface area contributed by atoms with Gasteiger partial charge >= 0.3 is 0 Å². The van der Waals surface area contributed by atoms with E-state index in [1.807, 2.05) is 48.2 Å². The number of benzene rings is 1. The molecule has 0 atom stereocenters. The molecule has 0 saturated carbocycles. The number of rotatable bonds is 7. The van der Waals surface area contributed by atoms with Crippen LogP contribution in [0.5, 0.6) is 0 Å². The summed E-state index contributed by atoms with van der Waals surface area (Å²) in [6.45, 7) is 2.83. The second-order valence-electron chi connectivity index (χ2n) is 6.99. The van der Waals surface area contributed by atoms with E-state index in [4.69, 9.17) is 0 Å². The topological polar surface area (TPSA) is 65.5 Å². The average molecular weight is 407 g/mol. The number of nitrogens with zero attached hydrogens (tertiary/aromatic N) is 3. The molecule has 1 aliphatic heterocycles. The number of para-hydroxylation sites is 1. The fourth-order valence-electron chi connectivity index (χ4n) is 3.07. The maximum Gasteiger partial charge on any atom is 0.233 e. The Kier molecular flexibility index (Phi) is 7.09. The fraction of sp³-hybridized carbons (Fsp3) is 0.526. The SMILES string of the molecule is CN(C)CCNC(=O)C1CCN(C(=O)CSc2nc3ccccc3s2)CC1. The van der Waals surface area contributed by atoms with E-state index < -0.39 is 0 Å². The number of aromatic nitrogens is 1. The lowest BCUT2D eigenvalue weighted by Gasteiger charge is -2.31. The third kappa shape index (κ3) is 5.67. The summed E-state index contributed by atoms with van der Waals surface area (Å²) < 4.78 is 2.08. The highest BCUT2D eigenvalue weighted by atomic mass is 32.2. The van der Waals surface area contributed by atoms with Gasteiger partial charge in [-0.25, -0.2) is 4.98 Å². The molecule has 2 amide bonds. The molecule has 1 fully saturated rings. The van der Waals surface area contributed by atoms with Gasteiger partial charge in [-0.2, -0.15) is 0 Å². The quantitative estimate of drug-likeness (QED) is 0.715. The zero-order valence-corrected chi connectivity index (χ0v) is 17.4. The number of likely N-dealkylation sites (N-methyl/N-ethyl adjacent to an activating group) is 1. The molecule has 8 heteroatoms. The number of thiazole rings is 1. The van der Waals surface area contributed by atoms with Gasteiger partial charge in [-0.1, -0.05) is 23.9 Å². The molecule has 1 aromatic heterocycles. The first-order chi connectivity index (χ1) is 13.0. The molecule has 1 N–H and O–H groups in total. The number of carbonyl (C=O) groups excluding carboxylic acids is 2. The zero-order valence-electron chi connectivity index (χ0n) is 15.8. The minimum absolute atomic E-state index is 0.0214. The van der Waals surface area contributed by atoms with E-state index in [-0.39, 0.29) is 17.7 Å². The molecule has 146 valence electrons. The molecule has 0 spiro atoms. The van der Waals surface area contributed by atoms with E-state index in [9.17, 15) is 9.59 Å². The Labute approximate surface area is 168 Å². The molecule has 0 radical (unpaired) electrons. The van der Waals surface area contributed by atoms with Gasteiger partial charge in [-0.05, 0) is 39.1 Å². The maximum atomic E-state index is 12.5. The van der Waals surface area contributed by atoms with Crippen LogP contribution in [0.4, 0.5) is 0 Å². The minimum Gasteiger partial charge on any atom is -0.355 e. The summed E-state index contributed by atoms with van der Waals surface area (Å²) in [5.74, 6) is 0.672. The van der Waals surface area contributed by atoms with Crippen molar-refractivity contribution in [2.45, 2.75) is 17.2 Å². The molecule has 1 saturated heterocycles. The molecule has 0 aliphatic carbocycles. The summed E-state index contributed by atoms with van der Waals surface area (Å²) in [5, 5.41) is 2.99. The number of piperidine rings is 1. The highest BCUT2D eigenvalue weighted by Crippen LogP contribution is 2.29. The van der Waals surface area contributed by atoms with Crippen LogP contribution in [0.2, 0.25) is 0 Å². The van der Waals surface area contributed by atoms with Gasteiger partial charge in [0.1, 0.15) is 0 Å². The summed E-state index contributed by atoms with van der Waals surface area (Å²) in [4.78, 5) is 33.2. The molecule has 3 rings (SSSR count). The smallest absolute Gasteiger partial charge is 0.233 e. The number of hydrogen-bond donors (Lipinski definition) is 1. The Morgan fingerprint density at radius 2 is 2.04 bits per heavy atom. The van der Waals surface area contributed by atoms with Gasteiger partial charge in [-0.15, -0.1) is 11.3 Å². The normalized spacial score (nSPS) is 15.4. The molecule has 6 nitrogen and oxygen atoms in total. The van der Waals surface area contributed by atoms with Crippen molar-refractivity contribution in [2.75, 3.05) is 46.0 Å². The molecule has 1 aromatic carbocycles. The molecule has 2 aromatic rings. The van der Waals surface area contributed by atoms with Crippen molar-refractivity contribution in [3.63, 3.8) is 0 Å². The van der Waals surface area contributed by atoms with Crippen LogP contribution in [0.25, 0.3) is 10.2 Å². The summed E-state index contributed by atoms with van der Waals surface area (Å²) >= 11 is 3.13. The van der Waals surface area contributed by atoms with Crippen molar-refractivity contribution in [3.8, 4) is 0 Å². The molecular weight excluding hydrogens is 380 g/mol. The molecule has 1 aliphatic rings. The van der Waals surface area contributed by atoms with Crippen molar-refractivity contribution in [1.29, 1.82) is 0 Å². The summed E-state index contributed by atoms with van der Waals surface area (Å²) in [6, 6.07) is 8.02. The van der Waals surface area contributed by atoms with Gasteiger partial charge in [0.05, 0.1) is 16.0 Å². The van der Waals surface area contributed by atoms with Crippen molar-refractivity contribution in [2.24, 2.45) is 5.92 Å². The van der Waals surface area contributed by atoms with Crippen molar-refractivity contribution < 1.29 is 9.59 Å². The first kappa shape index (κ1) is 20.1. The van der Waals surface area contributed by atoms with E-state index in [1.165, 1.54) is 11.8 Å². The lowest BCUT2D eigenvalue weighted by atomic mass is 9.96. The average Bonchev–Trinajstić information content (AvgIpc) is 3.09. The van der Waals surface area contributed by atoms with Crippen LogP contribution in [0.1, 0.15) is 12.8 Å². The summed E-state index contributed by atoms with van der Waals surface area (Å²) in [5.41, 5.74) is 0.985. The molecule has 0 unspecified atom stereocenters. The number of thioether (sulfide) groups is 1. The highest BCUT2D eigenvalue weighted by Gasteiger charge is 2.27. The van der Waals surface area contributed by atoms with Gasteiger partial charge < -0.3 is 15.1 Å². The third-order valence-electron chi connectivity index (χ3n) is 4.67. The third-order valence-corrected chi connectivity index (χ3v) is 6.83. The monoisotopic (exact) mass is 406 g/mol. The zero-order chi connectivity index (χ0) is 19.2. The first-order valence-corrected chi connectivity index (χ1v) is 11.0. The molecular formula is C19H26N4O2S2. The van der Waals surface area contributed by atoms with E-state index >= 15 is 0 Å². The number of amides is 2. The van der Waals surface area contributed by atoms with E-state index in [2.05, 4.69) is 10.3 Å². The Morgan fingerprint density at radius 3 is 2.74 bits per heavy atom. The van der Waals surface area contributed by atoms with Crippen LogP contribution in [-0.2, 0) is 9.59 Å². The Hall–Kier alpha value is -1.64. The maximum absolute atomic E-state index is 12.5. The highest BCUT2D eigenvalue weighted by molar-refractivity contribution is 8.01. The Morgan fingerprint density at radius 1 is 1.30 bits per heavy atom. The van der Waals surface area contributed by atoms with Gasteiger partial charge in [-0.3, -0.25) is 9.59 Å². The van der Waals surface area contributed by atoms with Crippen LogP contribution >= 0.6 is 23.1 Å². The van der Waals surface area contributed by atoms with Crippen LogP contribution in [-0.4, -0.2) is 72.6 Å². The van der Waals surface area contributed by atoms with Crippen molar-refractivity contribution in [3.05, 3.63) is 24.3 Å². The number of carbonyl (C=O) groups is 2. The fourth-order valence-corrected chi connectivity index (χ4v) is 5.04. The second kappa shape index (κ2) is 9.52. The summed E-state index contributed by atoms with van der Waals surface area (Å²) in [6.07, 6.45) is 1.48. The standard InChI is InChI=1S/C19H26N4O2S2/c1-22(2)12-9-20-18(25)14-7-10-23(11-8-14)17(24)13-26-19-21-15-5-3-4-6-16(15)27-19/h3-6,14H,7-13H2,1-2H3,(H,20,25). The van der Waals surface area contributed by atoms with Gasteiger partial charge in [0, 0.05) is 32.1 Å². The van der Waals surface area contributed by atoms with Gasteiger partial charge in [0.15, 0.2) is 4.34 Å².